The first-order chi connectivity index (χ1) is 7.61. The Morgan fingerprint density at radius 1 is 1.31 bits per heavy atom. The fourth-order valence-corrected chi connectivity index (χ4v) is 1.52. The van der Waals surface area contributed by atoms with Crippen LogP contribution < -0.4 is 4.74 Å². The molecule has 0 spiro atoms. The molecule has 1 aromatic heterocycles. The van der Waals surface area contributed by atoms with E-state index >= 15 is 0 Å². The minimum atomic E-state index is -0.350. The smallest absolute Gasteiger partial charge is 0.120 e. The van der Waals surface area contributed by atoms with Crippen molar-refractivity contribution >= 4 is 22.5 Å². The monoisotopic (exact) mass is 235 g/mol. The topological polar surface area (TPSA) is 22.1 Å². The van der Waals surface area contributed by atoms with Crippen LogP contribution in [0.1, 0.15) is 13.8 Å². The lowest BCUT2D eigenvalue weighted by molar-refractivity contribution is 0.135. The van der Waals surface area contributed by atoms with Crippen molar-refractivity contribution in [3.8, 4) is 5.75 Å². The number of aromatic nitrogens is 1. The molecule has 0 unspecified atom stereocenters. The Hall–Kier alpha value is -1.28. The number of hydrogen-bond donors (Lipinski definition) is 0. The van der Waals surface area contributed by atoms with Crippen molar-refractivity contribution < 1.29 is 4.74 Å². The van der Waals surface area contributed by atoms with E-state index in [0.717, 1.165) is 16.7 Å². The summed E-state index contributed by atoms with van der Waals surface area (Å²) in [5.74, 6) is 1.28. The van der Waals surface area contributed by atoms with Gasteiger partial charge in [-0.2, -0.15) is 0 Å². The number of alkyl halides is 1. The SMILES string of the molecule is CC(C)(CCl)Oc1ccc2ncccc2c1. The second-order valence-electron chi connectivity index (χ2n) is 4.35. The van der Waals surface area contributed by atoms with Gasteiger partial charge in [-0.15, -0.1) is 11.6 Å². The summed E-state index contributed by atoms with van der Waals surface area (Å²) in [6, 6.07) is 9.79. The van der Waals surface area contributed by atoms with Crippen molar-refractivity contribution in [3.05, 3.63) is 36.5 Å². The van der Waals surface area contributed by atoms with Gasteiger partial charge in [-0.05, 0) is 38.1 Å². The molecule has 0 saturated heterocycles. The molecule has 2 rings (SSSR count). The van der Waals surface area contributed by atoms with Crippen molar-refractivity contribution in [2.75, 3.05) is 5.88 Å². The zero-order valence-corrected chi connectivity index (χ0v) is 10.2. The van der Waals surface area contributed by atoms with Gasteiger partial charge in [0.1, 0.15) is 11.4 Å². The summed E-state index contributed by atoms with van der Waals surface area (Å²) in [6.45, 7) is 3.93. The van der Waals surface area contributed by atoms with Crippen LogP contribution in [0.15, 0.2) is 36.5 Å². The third-order valence-electron chi connectivity index (χ3n) is 2.29. The first-order valence-corrected chi connectivity index (χ1v) is 5.74. The summed E-state index contributed by atoms with van der Waals surface area (Å²) in [6.07, 6.45) is 1.78. The van der Waals surface area contributed by atoms with Crippen LogP contribution in [-0.4, -0.2) is 16.5 Å². The van der Waals surface area contributed by atoms with Gasteiger partial charge in [0, 0.05) is 11.6 Å². The molecule has 3 heteroatoms. The predicted octanol–water partition coefficient (Wildman–Crippen LogP) is 3.63. The molecule has 0 N–H and O–H groups in total. The average Bonchev–Trinajstić information content (AvgIpc) is 2.28. The highest BCUT2D eigenvalue weighted by molar-refractivity contribution is 6.18. The van der Waals surface area contributed by atoms with E-state index in [2.05, 4.69) is 4.98 Å². The van der Waals surface area contributed by atoms with E-state index in [-0.39, 0.29) is 5.60 Å². The van der Waals surface area contributed by atoms with Crippen LogP contribution in [0.25, 0.3) is 10.9 Å². The van der Waals surface area contributed by atoms with Crippen molar-refractivity contribution in [1.29, 1.82) is 0 Å². The Bertz CT molecular complexity index is 496. The highest BCUT2D eigenvalue weighted by atomic mass is 35.5. The number of rotatable bonds is 3. The Labute approximate surface area is 100 Å². The van der Waals surface area contributed by atoms with E-state index in [1.165, 1.54) is 0 Å². The number of fused-ring (bicyclic) bond motifs is 1. The highest BCUT2D eigenvalue weighted by Crippen LogP contribution is 2.23. The Morgan fingerprint density at radius 3 is 2.88 bits per heavy atom. The molecule has 1 aromatic carbocycles. The maximum atomic E-state index is 5.82. The minimum Gasteiger partial charge on any atom is -0.487 e. The van der Waals surface area contributed by atoms with E-state index in [1.807, 2.05) is 44.2 Å². The van der Waals surface area contributed by atoms with Crippen LogP contribution in [-0.2, 0) is 0 Å². The molecule has 2 nitrogen and oxygen atoms in total. The lowest BCUT2D eigenvalue weighted by Crippen LogP contribution is -2.30. The van der Waals surface area contributed by atoms with Crippen LogP contribution >= 0.6 is 11.6 Å². The fraction of sp³-hybridized carbons (Fsp3) is 0.308. The molecular formula is C13H14ClNO. The molecule has 2 aromatic rings. The van der Waals surface area contributed by atoms with E-state index in [9.17, 15) is 0 Å². The van der Waals surface area contributed by atoms with Gasteiger partial charge in [0.05, 0.1) is 11.4 Å². The van der Waals surface area contributed by atoms with Gasteiger partial charge in [0.2, 0.25) is 0 Å². The van der Waals surface area contributed by atoms with E-state index < -0.39 is 0 Å². The first-order valence-electron chi connectivity index (χ1n) is 5.20. The maximum absolute atomic E-state index is 5.82. The summed E-state index contributed by atoms with van der Waals surface area (Å²) in [7, 11) is 0. The molecule has 0 radical (unpaired) electrons. The number of pyridine rings is 1. The second kappa shape index (κ2) is 4.30. The molecule has 0 aliphatic rings. The van der Waals surface area contributed by atoms with Gasteiger partial charge in [-0.3, -0.25) is 4.98 Å². The average molecular weight is 236 g/mol. The largest absolute Gasteiger partial charge is 0.487 e. The van der Waals surface area contributed by atoms with Crippen molar-refractivity contribution in [2.24, 2.45) is 0 Å². The molecule has 0 atom stereocenters. The molecule has 0 aliphatic carbocycles. The van der Waals surface area contributed by atoms with Crippen molar-refractivity contribution in [2.45, 2.75) is 19.4 Å². The summed E-state index contributed by atoms with van der Waals surface area (Å²) < 4.78 is 5.80. The maximum Gasteiger partial charge on any atom is 0.120 e. The highest BCUT2D eigenvalue weighted by Gasteiger charge is 2.18. The molecule has 0 aliphatic heterocycles. The molecule has 1 heterocycles. The lowest BCUT2D eigenvalue weighted by atomic mass is 10.1. The van der Waals surface area contributed by atoms with Gasteiger partial charge in [0.25, 0.3) is 0 Å². The normalized spacial score (nSPS) is 11.7. The second-order valence-corrected chi connectivity index (χ2v) is 4.62. The van der Waals surface area contributed by atoms with Crippen LogP contribution in [0.2, 0.25) is 0 Å². The van der Waals surface area contributed by atoms with Gasteiger partial charge in [-0.25, -0.2) is 0 Å². The third kappa shape index (κ3) is 2.45. The molecule has 0 saturated carbocycles. The third-order valence-corrected chi connectivity index (χ3v) is 2.93. The minimum absolute atomic E-state index is 0.350. The number of halogens is 1. The number of ether oxygens (including phenoxy) is 1. The molecule has 16 heavy (non-hydrogen) atoms. The summed E-state index contributed by atoms with van der Waals surface area (Å²) in [5, 5.41) is 1.07. The Kier molecular flexibility index (Phi) is 3.01. The zero-order chi connectivity index (χ0) is 11.6. The molecular weight excluding hydrogens is 222 g/mol. The molecule has 0 bridgehead atoms. The van der Waals surface area contributed by atoms with Crippen LogP contribution in [0.4, 0.5) is 0 Å². The first kappa shape index (κ1) is 11.2. The van der Waals surface area contributed by atoms with Gasteiger partial charge in [-0.1, -0.05) is 6.07 Å². The van der Waals surface area contributed by atoms with Crippen molar-refractivity contribution in [1.82, 2.24) is 4.98 Å². The van der Waals surface area contributed by atoms with Crippen LogP contribution in [0.3, 0.4) is 0 Å². The molecule has 84 valence electrons. The zero-order valence-electron chi connectivity index (χ0n) is 9.40. The molecule has 0 fully saturated rings. The Balaban J connectivity index is 2.33. The van der Waals surface area contributed by atoms with Crippen molar-refractivity contribution in [3.63, 3.8) is 0 Å². The predicted molar refractivity (Wildman–Crippen MR) is 67.2 cm³/mol. The fourth-order valence-electron chi connectivity index (χ4n) is 1.46. The van der Waals surface area contributed by atoms with E-state index in [4.69, 9.17) is 16.3 Å². The van der Waals surface area contributed by atoms with Gasteiger partial charge >= 0.3 is 0 Å². The summed E-state index contributed by atoms with van der Waals surface area (Å²) in [5.41, 5.74) is 0.621. The quantitative estimate of drug-likeness (QED) is 0.758. The van der Waals surface area contributed by atoms with Crippen LogP contribution in [0, 0.1) is 0 Å². The van der Waals surface area contributed by atoms with E-state index in [1.54, 1.807) is 6.20 Å². The number of nitrogens with zero attached hydrogens (tertiary/aromatic N) is 1. The lowest BCUT2D eigenvalue weighted by Gasteiger charge is -2.23. The van der Waals surface area contributed by atoms with Gasteiger partial charge < -0.3 is 4.74 Å². The standard InChI is InChI=1S/C13H14ClNO/c1-13(2,9-14)16-11-5-6-12-10(8-11)4-3-7-15-12/h3-8H,9H2,1-2H3. The number of hydrogen-bond acceptors (Lipinski definition) is 2. The summed E-state index contributed by atoms with van der Waals surface area (Å²) >= 11 is 5.82. The molecule has 0 amide bonds. The summed E-state index contributed by atoms with van der Waals surface area (Å²) in [4.78, 5) is 4.26. The van der Waals surface area contributed by atoms with Gasteiger partial charge in [0.15, 0.2) is 0 Å². The van der Waals surface area contributed by atoms with Crippen LogP contribution in [0.5, 0.6) is 5.75 Å². The number of benzene rings is 1. The Morgan fingerprint density at radius 2 is 2.12 bits per heavy atom. The van der Waals surface area contributed by atoms with E-state index in [0.29, 0.717) is 5.88 Å².